The van der Waals surface area contributed by atoms with Gasteiger partial charge in [-0.25, -0.2) is 8.78 Å². The average molecular weight is 225 g/mol. The predicted octanol–water partition coefficient (Wildman–Crippen LogP) is 2.90. The fourth-order valence-electron chi connectivity index (χ4n) is 1.20. The third-order valence-electron chi connectivity index (χ3n) is 1.86. The summed E-state index contributed by atoms with van der Waals surface area (Å²) in [4.78, 5) is 10.7. The van der Waals surface area contributed by atoms with Gasteiger partial charge in [-0.2, -0.15) is 4.37 Å². The summed E-state index contributed by atoms with van der Waals surface area (Å²) in [6, 6.07) is 4.98. The molecule has 1 aromatic heterocycles. The predicted molar refractivity (Wildman–Crippen MR) is 52.9 cm³/mol. The number of rotatable bonds is 2. The SMILES string of the molecule is O=Cc1cc(-c2c(F)cccc2F)sn1. The number of aromatic nitrogens is 1. The second kappa shape index (κ2) is 3.86. The molecule has 0 unspecified atom stereocenters. The fraction of sp³-hybridized carbons (Fsp3) is 0. The van der Waals surface area contributed by atoms with E-state index in [-0.39, 0.29) is 11.3 Å². The van der Waals surface area contributed by atoms with Crippen LogP contribution in [0.5, 0.6) is 0 Å². The van der Waals surface area contributed by atoms with Crippen molar-refractivity contribution >= 4 is 17.8 Å². The molecule has 76 valence electrons. The molecule has 0 bridgehead atoms. The molecule has 0 amide bonds. The Bertz CT molecular complexity index is 490. The summed E-state index contributed by atoms with van der Waals surface area (Å²) in [7, 11) is 0. The Morgan fingerprint density at radius 2 is 1.93 bits per heavy atom. The van der Waals surface area contributed by atoms with E-state index in [0.717, 1.165) is 11.5 Å². The van der Waals surface area contributed by atoms with E-state index in [9.17, 15) is 13.6 Å². The van der Waals surface area contributed by atoms with E-state index < -0.39 is 11.6 Å². The van der Waals surface area contributed by atoms with Crippen LogP contribution in [0.15, 0.2) is 24.3 Å². The Labute approximate surface area is 88.3 Å². The van der Waals surface area contributed by atoms with E-state index in [2.05, 4.69) is 4.37 Å². The summed E-state index contributed by atoms with van der Waals surface area (Å²) >= 11 is 0.894. The molecule has 0 spiro atoms. The van der Waals surface area contributed by atoms with Crippen molar-refractivity contribution in [3.63, 3.8) is 0 Å². The van der Waals surface area contributed by atoms with Crippen LogP contribution in [-0.2, 0) is 0 Å². The molecule has 0 N–H and O–H groups in total. The van der Waals surface area contributed by atoms with Crippen molar-refractivity contribution in [3.05, 3.63) is 41.6 Å². The van der Waals surface area contributed by atoms with E-state index in [1.807, 2.05) is 0 Å². The number of nitrogens with zero attached hydrogens (tertiary/aromatic N) is 1. The molecule has 15 heavy (non-hydrogen) atoms. The van der Waals surface area contributed by atoms with E-state index in [1.165, 1.54) is 24.3 Å². The topological polar surface area (TPSA) is 30.0 Å². The van der Waals surface area contributed by atoms with Gasteiger partial charge in [0.25, 0.3) is 0 Å². The van der Waals surface area contributed by atoms with E-state index >= 15 is 0 Å². The smallest absolute Gasteiger partial charge is 0.169 e. The minimum absolute atomic E-state index is 0.136. The van der Waals surface area contributed by atoms with E-state index in [4.69, 9.17) is 0 Å². The highest BCUT2D eigenvalue weighted by atomic mass is 32.1. The molecule has 0 fully saturated rings. The number of aldehydes is 1. The van der Waals surface area contributed by atoms with Crippen molar-refractivity contribution in [2.24, 2.45) is 0 Å². The fourth-order valence-corrected chi connectivity index (χ4v) is 1.95. The van der Waals surface area contributed by atoms with Crippen molar-refractivity contribution in [3.8, 4) is 10.4 Å². The highest BCUT2D eigenvalue weighted by molar-refractivity contribution is 7.09. The lowest BCUT2D eigenvalue weighted by Crippen LogP contribution is -1.86. The number of carbonyl (C=O) groups excluding carboxylic acids is 1. The highest BCUT2D eigenvalue weighted by Crippen LogP contribution is 2.29. The number of halogens is 2. The third kappa shape index (κ3) is 1.78. The lowest BCUT2D eigenvalue weighted by atomic mass is 10.1. The quantitative estimate of drug-likeness (QED) is 0.735. The normalized spacial score (nSPS) is 10.3. The summed E-state index contributed by atoms with van der Waals surface area (Å²) in [5.74, 6) is -1.31. The molecule has 2 rings (SSSR count). The molecule has 0 saturated carbocycles. The first-order valence-electron chi connectivity index (χ1n) is 4.08. The molecule has 0 aliphatic rings. The first kappa shape index (κ1) is 9.92. The van der Waals surface area contributed by atoms with Crippen LogP contribution in [0.3, 0.4) is 0 Å². The number of carbonyl (C=O) groups is 1. The summed E-state index contributed by atoms with van der Waals surface area (Å²) in [5, 5.41) is 0. The molecular weight excluding hydrogens is 220 g/mol. The van der Waals surface area contributed by atoms with Gasteiger partial charge in [-0.3, -0.25) is 4.79 Å². The summed E-state index contributed by atoms with van der Waals surface area (Å²) in [5.41, 5.74) is 0.0424. The first-order valence-corrected chi connectivity index (χ1v) is 4.86. The maximum absolute atomic E-state index is 13.3. The molecule has 5 heteroatoms. The highest BCUT2D eigenvalue weighted by Gasteiger charge is 2.13. The van der Waals surface area contributed by atoms with Gasteiger partial charge in [0.2, 0.25) is 0 Å². The summed E-state index contributed by atoms with van der Waals surface area (Å²) in [6.07, 6.45) is 0.540. The molecule has 2 aromatic rings. The van der Waals surface area contributed by atoms with Gasteiger partial charge in [0.15, 0.2) is 6.29 Å². The Kier molecular flexibility index (Phi) is 2.55. The molecule has 1 aromatic carbocycles. The molecule has 0 aliphatic heterocycles. The summed E-state index contributed by atoms with van der Waals surface area (Å²) < 4.78 is 30.3. The second-order valence-electron chi connectivity index (χ2n) is 2.83. The minimum Gasteiger partial charge on any atom is -0.296 e. The van der Waals surface area contributed by atoms with Crippen molar-refractivity contribution in [1.29, 1.82) is 0 Å². The third-order valence-corrected chi connectivity index (χ3v) is 2.68. The molecule has 0 saturated heterocycles. The van der Waals surface area contributed by atoms with Gasteiger partial charge in [-0.15, -0.1) is 0 Å². The lowest BCUT2D eigenvalue weighted by molar-refractivity contribution is 0.112. The van der Waals surface area contributed by atoms with Crippen molar-refractivity contribution in [2.75, 3.05) is 0 Å². The molecule has 0 radical (unpaired) electrons. The van der Waals surface area contributed by atoms with Crippen LogP contribution in [0.1, 0.15) is 10.5 Å². The van der Waals surface area contributed by atoms with Gasteiger partial charge >= 0.3 is 0 Å². The number of benzene rings is 1. The maximum Gasteiger partial charge on any atom is 0.169 e. The zero-order valence-electron chi connectivity index (χ0n) is 7.41. The molecular formula is C10H5F2NOS. The van der Waals surface area contributed by atoms with Crippen LogP contribution < -0.4 is 0 Å². The van der Waals surface area contributed by atoms with Gasteiger partial charge in [0.1, 0.15) is 17.3 Å². The Balaban J connectivity index is 2.58. The van der Waals surface area contributed by atoms with Crippen LogP contribution in [0.25, 0.3) is 10.4 Å². The van der Waals surface area contributed by atoms with Crippen molar-refractivity contribution in [2.45, 2.75) is 0 Å². The number of hydrogen-bond acceptors (Lipinski definition) is 3. The van der Waals surface area contributed by atoms with Crippen LogP contribution >= 0.6 is 11.5 Å². The van der Waals surface area contributed by atoms with Crippen LogP contribution in [0, 0.1) is 11.6 Å². The Hall–Kier alpha value is -1.62. The standard InChI is InChI=1S/C10H5F2NOS/c11-7-2-1-3-8(12)10(7)9-4-6(5-14)13-15-9/h1-5H. The Morgan fingerprint density at radius 3 is 2.47 bits per heavy atom. The summed E-state index contributed by atoms with van der Waals surface area (Å²) in [6.45, 7) is 0. The number of hydrogen-bond donors (Lipinski definition) is 0. The molecule has 0 atom stereocenters. The maximum atomic E-state index is 13.3. The van der Waals surface area contributed by atoms with Gasteiger partial charge in [-0.1, -0.05) is 6.07 Å². The van der Waals surface area contributed by atoms with Crippen LogP contribution in [-0.4, -0.2) is 10.7 Å². The molecule has 0 aliphatic carbocycles. The van der Waals surface area contributed by atoms with Gasteiger partial charge < -0.3 is 0 Å². The van der Waals surface area contributed by atoms with Crippen molar-refractivity contribution < 1.29 is 13.6 Å². The van der Waals surface area contributed by atoms with Gasteiger partial charge in [0, 0.05) is 0 Å². The van der Waals surface area contributed by atoms with Crippen LogP contribution in [0.2, 0.25) is 0 Å². The zero-order chi connectivity index (χ0) is 10.8. The lowest BCUT2D eigenvalue weighted by Gasteiger charge is -1.99. The zero-order valence-corrected chi connectivity index (χ0v) is 8.22. The Morgan fingerprint density at radius 1 is 1.27 bits per heavy atom. The minimum atomic E-state index is -0.656. The van der Waals surface area contributed by atoms with E-state index in [1.54, 1.807) is 0 Å². The molecule has 2 nitrogen and oxygen atoms in total. The second-order valence-corrected chi connectivity index (χ2v) is 3.64. The molecule has 1 heterocycles. The monoisotopic (exact) mass is 225 g/mol. The van der Waals surface area contributed by atoms with Crippen LogP contribution in [0.4, 0.5) is 8.78 Å². The largest absolute Gasteiger partial charge is 0.296 e. The van der Waals surface area contributed by atoms with Gasteiger partial charge in [0.05, 0.1) is 10.4 Å². The average Bonchev–Trinajstić information content (AvgIpc) is 2.66. The van der Waals surface area contributed by atoms with Crippen molar-refractivity contribution in [1.82, 2.24) is 4.37 Å². The van der Waals surface area contributed by atoms with Gasteiger partial charge in [-0.05, 0) is 29.7 Å². The van der Waals surface area contributed by atoms with E-state index in [0.29, 0.717) is 11.2 Å². The first-order chi connectivity index (χ1) is 7.22.